The third-order valence-electron chi connectivity index (χ3n) is 7.30. The highest BCUT2D eigenvalue weighted by Gasteiger charge is 2.31. The van der Waals surface area contributed by atoms with Crippen LogP contribution in [0.25, 0.3) is 21.9 Å². The number of hydrogen-bond donors (Lipinski definition) is 1. The van der Waals surface area contributed by atoms with Gasteiger partial charge in [-0.05, 0) is 35.7 Å². The van der Waals surface area contributed by atoms with Crippen molar-refractivity contribution in [1.82, 2.24) is 24.3 Å². The summed E-state index contributed by atoms with van der Waals surface area (Å²) in [5.74, 6) is 1.13. The molecular formula is C27H29N7O2. The number of primary amides is 1. The number of nitrogens with two attached hydrogens (primary N) is 1. The highest BCUT2D eigenvalue weighted by atomic mass is 16.2. The summed E-state index contributed by atoms with van der Waals surface area (Å²) < 4.78 is 2.18. The molecule has 2 N–H and O–H groups in total. The van der Waals surface area contributed by atoms with E-state index in [0.717, 1.165) is 60.5 Å². The molecule has 9 nitrogen and oxygen atoms in total. The van der Waals surface area contributed by atoms with E-state index in [1.165, 1.54) is 0 Å². The zero-order valence-corrected chi connectivity index (χ0v) is 20.1. The number of nitrogens with zero attached hydrogens (tertiary/aromatic N) is 6. The zero-order chi connectivity index (χ0) is 24.6. The number of hydrogen-bond acceptors (Lipinski definition) is 6. The Morgan fingerprint density at radius 1 is 0.972 bits per heavy atom. The van der Waals surface area contributed by atoms with Crippen molar-refractivity contribution < 1.29 is 9.59 Å². The molecule has 2 fully saturated rings. The average Bonchev–Trinajstić information content (AvgIpc) is 3.29. The first-order valence-electron chi connectivity index (χ1n) is 12.4. The molecule has 2 amide bonds. The minimum Gasteiger partial charge on any atom is -0.366 e. The van der Waals surface area contributed by atoms with Gasteiger partial charge in [0.15, 0.2) is 0 Å². The van der Waals surface area contributed by atoms with Crippen molar-refractivity contribution in [2.75, 3.05) is 50.7 Å². The van der Waals surface area contributed by atoms with Crippen LogP contribution < -0.4 is 10.6 Å². The molecule has 0 spiro atoms. The first kappa shape index (κ1) is 22.5. The highest BCUT2D eigenvalue weighted by molar-refractivity contribution is 5.97. The maximum atomic E-state index is 12.9. The fourth-order valence-electron chi connectivity index (χ4n) is 5.27. The van der Waals surface area contributed by atoms with Gasteiger partial charge in [0.2, 0.25) is 11.8 Å². The van der Waals surface area contributed by atoms with E-state index in [0.29, 0.717) is 31.1 Å². The molecule has 4 heterocycles. The van der Waals surface area contributed by atoms with Crippen molar-refractivity contribution in [2.24, 2.45) is 11.7 Å². The number of piperazine rings is 1. The molecule has 0 atom stereocenters. The molecule has 2 aromatic carbocycles. The number of anilines is 1. The third kappa shape index (κ3) is 4.37. The van der Waals surface area contributed by atoms with Gasteiger partial charge in [-0.2, -0.15) is 0 Å². The van der Waals surface area contributed by atoms with Gasteiger partial charge in [-0.15, -0.1) is 0 Å². The summed E-state index contributed by atoms with van der Waals surface area (Å²) in [6.45, 7) is 6.03. The van der Waals surface area contributed by atoms with Gasteiger partial charge in [0.05, 0.1) is 23.8 Å². The van der Waals surface area contributed by atoms with E-state index in [-0.39, 0.29) is 5.91 Å². The molecule has 4 aromatic rings. The number of carbonyl (C=O) groups excluding carboxylic acids is 2. The molecule has 2 aliphatic rings. The van der Waals surface area contributed by atoms with Gasteiger partial charge < -0.3 is 20.1 Å². The van der Waals surface area contributed by atoms with Gasteiger partial charge in [0, 0.05) is 69.0 Å². The van der Waals surface area contributed by atoms with E-state index in [9.17, 15) is 9.59 Å². The standard InChI is InChI=1S/C27H29N7O2/c28-27(36)21-6-5-20-7-8-34(24(20)13-21)17-19-15-31(16-19)18-26(35)33-11-9-32(10-12-33)25-14-29-22-3-1-2-4-23(22)30-25/h1-8,13-14,19H,9-12,15-18H2,(H2,28,36). The van der Waals surface area contributed by atoms with Crippen molar-refractivity contribution in [3.05, 3.63) is 66.5 Å². The van der Waals surface area contributed by atoms with Crippen LogP contribution in [-0.4, -0.2) is 82.0 Å². The Hall–Kier alpha value is -3.98. The molecule has 9 heteroatoms. The van der Waals surface area contributed by atoms with E-state index >= 15 is 0 Å². The molecule has 0 aliphatic carbocycles. The van der Waals surface area contributed by atoms with Crippen molar-refractivity contribution in [1.29, 1.82) is 0 Å². The number of fused-ring (bicyclic) bond motifs is 2. The summed E-state index contributed by atoms with van der Waals surface area (Å²) in [6, 6.07) is 15.5. The minimum absolute atomic E-state index is 0.190. The average molecular weight is 484 g/mol. The summed E-state index contributed by atoms with van der Waals surface area (Å²) in [5.41, 5.74) is 8.78. The van der Waals surface area contributed by atoms with Gasteiger partial charge in [-0.25, -0.2) is 4.98 Å². The Morgan fingerprint density at radius 2 is 1.75 bits per heavy atom. The van der Waals surface area contributed by atoms with Crippen LogP contribution >= 0.6 is 0 Å². The predicted octanol–water partition coefficient (Wildman–Crippen LogP) is 1.96. The number of carbonyl (C=O) groups is 2. The summed E-state index contributed by atoms with van der Waals surface area (Å²) >= 11 is 0. The van der Waals surface area contributed by atoms with Crippen LogP contribution in [0.3, 0.4) is 0 Å². The van der Waals surface area contributed by atoms with Gasteiger partial charge in [0.25, 0.3) is 0 Å². The molecule has 36 heavy (non-hydrogen) atoms. The third-order valence-corrected chi connectivity index (χ3v) is 7.30. The topological polar surface area (TPSA) is 101 Å². The maximum Gasteiger partial charge on any atom is 0.248 e. The van der Waals surface area contributed by atoms with Crippen LogP contribution in [0.15, 0.2) is 60.9 Å². The first-order valence-corrected chi connectivity index (χ1v) is 12.4. The van der Waals surface area contributed by atoms with Crippen LogP contribution in [0.4, 0.5) is 5.82 Å². The van der Waals surface area contributed by atoms with E-state index in [2.05, 4.69) is 31.6 Å². The fourth-order valence-corrected chi connectivity index (χ4v) is 5.27. The van der Waals surface area contributed by atoms with Crippen molar-refractivity contribution in [3.8, 4) is 0 Å². The molecule has 0 saturated carbocycles. The Kier molecular flexibility index (Phi) is 5.77. The second-order valence-electron chi connectivity index (χ2n) is 9.75. The number of benzene rings is 2. The van der Waals surface area contributed by atoms with Crippen molar-refractivity contribution in [3.63, 3.8) is 0 Å². The lowest BCUT2D eigenvalue weighted by atomic mass is 10.00. The molecule has 2 aliphatic heterocycles. The van der Waals surface area contributed by atoms with E-state index in [1.54, 1.807) is 6.07 Å². The Balaban J connectivity index is 0.988. The van der Waals surface area contributed by atoms with E-state index in [4.69, 9.17) is 10.7 Å². The predicted molar refractivity (Wildman–Crippen MR) is 139 cm³/mol. The first-order chi connectivity index (χ1) is 17.5. The molecule has 2 aromatic heterocycles. The molecule has 184 valence electrons. The molecule has 2 saturated heterocycles. The van der Waals surface area contributed by atoms with E-state index in [1.807, 2.05) is 47.5 Å². The van der Waals surface area contributed by atoms with Crippen LogP contribution in [0, 0.1) is 5.92 Å². The van der Waals surface area contributed by atoms with Crippen LogP contribution in [-0.2, 0) is 11.3 Å². The van der Waals surface area contributed by atoms with Gasteiger partial charge >= 0.3 is 0 Å². The van der Waals surface area contributed by atoms with Gasteiger partial charge in [0.1, 0.15) is 5.82 Å². The number of aromatic nitrogens is 3. The van der Waals surface area contributed by atoms with Crippen LogP contribution in [0.5, 0.6) is 0 Å². The molecule has 0 unspecified atom stereocenters. The number of para-hydroxylation sites is 2. The normalized spacial score (nSPS) is 17.0. The SMILES string of the molecule is NC(=O)c1ccc2ccn(CC3CN(CC(=O)N4CCN(c5cnc6ccccc6n5)CC4)C3)c2c1. The molecule has 0 bridgehead atoms. The monoisotopic (exact) mass is 483 g/mol. The van der Waals surface area contributed by atoms with Crippen LogP contribution in [0.1, 0.15) is 10.4 Å². The second-order valence-corrected chi connectivity index (χ2v) is 9.75. The van der Waals surface area contributed by atoms with Gasteiger partial charge in [-0.3, -0.25) is 19.5 Å². The Morgan fingerprint density at radius 3 is 2.53 bits per heavy atom. The molecule has 6 rings (SSSR count). The Labute approximate surface area is 209 Å². The highest BCUT2D eigenvalue weighted by Crippen LogP contribution is 2.23. The number of amides is 2. The quantitative estimate of drug-likeness (QED) is 0.450. The van der Waals surface area contributed by atoms with E-state index < -0.39 is 5.91 Å². The summed E-state index contributed by atoms with van der Waals surface area (Å²) in [4.78, 5) is 40.1. The lowest BCUT2D eigenvalue weighted by molar-refractivity contribution is -0.134. The summed E-state index contributed by atoms with van der Waals surface area (Å²) in [7, 11) is 0. The maximum absolute atomic E-state index is 12.9. The summed E-state index contributed by atoms with van der Waals surface area (Å²) in [5, 5.41) is 1.10. The smallest absolute Gasteiger partial charge is 0.248 e. The lowest BCUT2D eigenvalue weighted by Gasteiger charge is -2.41. The number of rotatable bonds is 6. The Bertz CT molecular complexity index is 1430. The fraction of sp³-hybridized carbons (Fsp3) is 0.333. The number of likely N-dealkylation sites (tertiary alicyclic amines) is 1. The zero-order valence-electron chi connectivity index (χ0n) is 20.1. The van der Waals surface area contributed by atoms with Crippen LogP contribution in [0.2, 0.25) is 0 Å². The minimum atomic E-state index is -0.413. The van der Waals surface area contributed by atoms with Gasteiger partial charge in [-0.1, -0.05) is 18.2 Å². The van der Waals surface area contributed by atoms with Crippen molar-refractivity contribution >= 4 is 39.6 Å². The molecular weight excluding hydrogens is 454 g/mol. The molecule has 0 radical (unpaired) electrons. The second kappa shape index (κ2) is 9.23. The lowest BCUT2D eigenvalue weighted by Crippen LogP contribution is -2.55. The van der Waals surface area contributed by atoms with Crippen molar-refractivity contribution in [2.45, 2.75) is 6.54 Å². The largest absolute Gasteiger partial charge is 0.366 e. The summed E-state index contributed by atoms with van der Waals surface area (Å²) in [6.07, 6.45) is 3.88.